The van der Waals surface area contributed by atoms with Crippen LogP contribution in [0.25, 0.3) is 0 Å². The van der Waals surface area contributed by atoms with Gasteiger partial charge < -0.3 is 64.3 Å². The Kier molecular flexibility index (Phi) is 44.1. The van der Waals surface area contributed by atoms with Crippen LogP contribution in [0.5, 0.6) is 0 Å². The first-order valence-electron chi connectivity index (χ1n) is 27.5. The number of carboxylic acid groups (broad SMARTS) is 1. The van der Waals surface area contributed by atoms with E-state index in [9.17, 15) is 19.1 Å². The number of hydrogen-bond acceptors (Lipinski definition) is 15. The third kappa shape index (κ3) is 60.1. The second-order valence-electron chi connectivity index (χ2n) is 29.3. The largest absolute Gasteiger partial charge is 0.481 e. The third-order valence-corrected chi connectivity index (χ3v) is 62.6. The summed E-state index contributed by atoms with van der Waals surface area (Å²) in [5.74, 6) is 0.0642. The van der Waals surface area contributed by atoms with E-state index in [1.165, 1.54) is 0 Å². The number of hydrogen-bond donors (Lipinski definition) is 4. The molecule has 0 bridgehead atoms. The molecule has 0 aliphatic rings. The molecule has 0 amide bonds. The quantitative estimate of drug-likeness (QED) is 0.0264. The van der Waals surface area contributed by atoms with Gasteiger partial charge in [0.15, 0.2) is 49.9 Å². The van der Waals surface area contributed by atoms with Gasteiger partial charge in [-0.2, -0.15) is 12.6 Å². The maximum atomic E-state index is 11.3. The first-order chi connectivity index (χ1) is 33.2. The highest BCUT2D eigenvalue weighted by atomic mass is 32.1. The summed E-state index contributed by atoms with van der Waals surface area (Å²) < 4.78 is 89.0. The predicted molar refractivity (Wildman–Crippen MR) is 391 cm³/mol. The molecule has 0 aromatic heterocycles. The Hall–Kier alpha value is 2.74. The summed E-state index contributed by atoms with van der Waals surface area (Å²) in [5, 5.41) is 8.99. The van der Waals surface area contributed by atoms with Gasteiger partial charge in [0.2, 0.25) is 0 Å². The molecule has 0 rings (SSSR count). The minimum Gasteiger partial charge on any atom is -0.481 e. The molecule has 0 spiro atoms. The lowest BCUT2D eigenvalue weighted by Crippen LogP contribution is -2.59. The van der Waals surface area contributed by atoms with Crippen molar-refractivity contribution in [3.8, 4) is 0 Å². The summed E-state index contributed by atoms with van der Waals surface area (Å²) in [6.45, 7) is 70.1. The molecule has 0 aromatic carbocycles. The molecule has 0 aliphatic heterocycles. The van der Waals surface area contributed by atoms with Crippen molar-refractivity contribution in [2.45, 2.75) is 290 Å². The van der Waals surface area contributed by atoms with Gasteiger partial charge >= 0.3 is 90.6 Å². The summed E-state index contributed by atoms with van der Waals surface area (Å²) >= 11 is 4.38. The minimum absolute atomic E-state index is 0. The number of rotatable bonds is 35. The van der Waals surface area contributed by atoms with Crippen molar-refractivity contribution in [3.63, 3.8) is 0 Å². The van der Waals surface area contributed by atoms with E-state index in [0.717, 1.165) is 18.2 Å². The molecule has 0 aliphatic carbocycles. The van der Waals surface area contributed by atoms with Crippen LogP contribution in [0, 0.1) is 0 Å². The summed E-state index contributed by atoms with van der Waals surface area (Å²) in [6.07, 6.45) is 1.88. The molecule has 0 fully saturated rings. The van der Waals surface area contributed by atoms with Gasteiger partial charge in [0, 0.05) is 12.6 Å². The molecule has 0 aromatic rings. The Labute approximate surface area is 524 Å². The van der Waals surface area contributed by atoms with E-state index < -0.39 is 141 Å². The fourth-order valence-corrected chi connectivity index (χ4v) is 81.1. The van der Waals surface area contributed by atoms with E-state index in [1.807, 2.05) is 39.3 Å². The number of aliphatic carboxylic acids is 1. The maximum Gasteiger partial charge on any atom is 0.325 e. The summed E-state index contributed by atoms with van der Waals surface area (Å²) in [6, 6.07) is 2.08. The van der Waals surface area contributed by atoms with Crippen molar-refractivity contribution in [1.82, 2.24) is 0 Å². The van der Waals surface area contributed by atoms with Gasteiger partial charge in [-0.15, -0.1) is 0 Å². The van der Waals surface area contributed by atoms with Gasteiger partial charge in [-0.25, -0.2) is 0 Å². The molecule has 0 radical (unpaired) electrons. The molecule has 34 heteroatoms. The molecule has 0 unspecified atom stereocenters. The Balaban J connectivity index is -0.000000198. The van der Waals surface area contributed by atoms with Gasteiger partial charge in [0.05, 0.1) is 0 Å². The Morgan fingerprint density at radius 2 is 0.506 bits per heavy atom. The summed E-state index contributed by atoms with van der Waals surface area (Å²) in [5.41, 5.74) is 0. The monoisotopic (exact) mass is 1460 g/mol. The van der Waals surface area contributed by atoms with Crippen LogP contribution in [0.2, 0.25) is 234 Å². The zero-order valence-electron chi connectivity index (χ0n) is 55.3. The smallest absolute Gasteiger partial charge is 0.325 e. The predicted octanol–water partition coefficient (Wildman–Crippen LogP) is 17.9. The highest BCUT2D eigenvalue weighted by Crippen LogP contribution is 2.38. The highest BCUT2D eigenvalue weighted by Gasteiger charge is 2.50. The van der Waals surface area contributed by atoms with E-state index >= 15 is 0 Å². The van der Waals surface area contributed by atoms with Crippen LogP contribution in [-0.2, 0) is 58.7 Å². The fourth-order valence-electron chi connectivity index (χ4n) is 9.60. The Bertz CT molecular complexity index is 1710. The maximum absolute atomic E-state index is 11.3. The van der Waals surface area contributed by atoms with E-state index in [4.69, 9.17) is 54.5 Å². The van der Waals surface area contributed by atoms with Gasteiger partial charge in [0.1, 0.15) is 0 Å². The standard InChI is InChI=1S/C15H40O6Si5.C14H41O7PSi5.C14H40O4SSi5.4CH4/c1-22(2,3)18-24(7,8)20-26(11,14-12-13-15(16)17)21-25(9,10)19-23(4,5)6;1-23(2,3)18-25(7,8)20-27(11,14-12-13-22(15,16)17)21-26(9,10)19-24(4,5)6;1-20(2,3)15-22(7,8)17-24(11,14-12-13-19)18-23(9,10)16-21(4,5)6;;;;/h12-14H2,1-11H3,(H,16,17);12-14H2,1-11H3,(H2,15,16,17);19H,12-14H2,1-11H3;4*1H4. The van der Waals surface area contributed by atoms with E-state index in [0.29, 0.717) is 24.9 Å². The van der Waals surface area contributed by atoms with Crippen LogP contribution in [0.4, 0.5) is 0 Å². The second kappa shape index (κ2) is 36.7. The molecule has 0 atom stereocenters. The van der Waals surface area contributed by atoms with Crippen molar-refractivity contribution >= 4 is 153 Å². The van der Waals surface area contributed by atoms with E-state index in [2.05, 4.69) is 189 Å². The molecule has 0 saturated carbocycles. The van der Waals surface area contributed by atoms with E-state index in [-0.39, 0.29) is 42.3 Å². The van der Waals surface area contributed by atoms with Crippen LogP contribution in [0.15, 0.2) is 0 Å². The Morgan fingerprint density at radius 3 is 0.654 bits per heavy atom. The number of carboxylic acids is 1. The Morgan fingerprint density at radius 1 is 0.333 bits per heavy atom. The van der Waals surface area contributed by atoms with Crippen LogP contribution in [0.3, 0.4) is 0 Å². The van der Waals surface area contributed by atoms with Crippen LogP contribution in [0.1, 0.15) is 55.4 Å². The van der Waals surface area contributed by atoms with Crippen molar-refractivity contribution in [2.24, 2.45) is 0 Å². The molecule has 3 N–H and O–H groups in total. The van der Waals surface area contributed by atoms with Gasteiger partial charge in [-0.3, -0.25) is 9.36 Å². The van der Waals surface area contributed by atoms with Gasteiger partial charge in [-0.05, 0) is 259 Å². The molecule has 17 nitrogen and oxygen atoms in total. The third-order valence-electron chi connectivity index (χ3n) is 8.97. The number of carbonyl (C=O) groups is 1. The highest BCUT2D eigenvalue weighted by molar-refractivity contribution is 7.80. The van der Waals surface area contributed by atoms with Crippen LogP contribution < -0.4 is 0 Å². The van der Waals surface area contributed by atoms with Gasteiger partial charge in [-0.1, -0.05) is 29.7 Å². The molecule has 0 saturated heterocycles. The SMILES string of the molecule is C.C.C.C.C[Si](C)(C)O[Si](C)(C)O[Si](C)(CCCC(=O)O)O[Si](C)(C)O[Si](C)(C)C.C[Si](C)(C)O[Si](C)(C)O[Si](C)(CCCP(=O)(O)O)O[Si](C)(C)O[Si](C)(C)C.C[Si](C)(C)O[Si](C)(C)O[Si](C)(CCCS)O[Si](C)(C)O[Si](C)(C)C. The fraction of sp³-hybridized carbons (Fsp3) is 0.979. The van der Waals surface area contributed by atoms with Crippen molar-refractivity contribution < 1.29 is 73.6 Å². The van der Waals surface area contributed by atoms with Crippen molar-refractivity contribution in [1.29, 1.82) is 0 Å². The number of thiol groups is 1. The average molecular weight is 1460 g/mol. The zero-order valence-corrected chi connectivity index (χ0v) is 72.1. The molecular formula is C47H137O17PSSi15. The molecule has 0 heterocycles. The lowest BCUT2D eigenvalue weighted by Gasteiger charge is -2.43. The lowest BCUT2D eigenvalue weighted by atomic mass is 10.3. The summed E-state index contributed by atoms with van der Waals surface area (Å²) in [4.78, 5) is 29.4. The van der Waals surface area contributed by atoms with Crippen LogP contribution >= 0.6 is 20.2 Å². The first kappa shape index (κ1) is 97.3. The van der Waals surface area contributed by atoms with Crippen molar-refractivity contribution in [2.75, 3.05) is 11.9 Å². The van der Waals surface area contributed by atoms with E-state index in [1.54, 1.807) is 0 Å². The zero-order chi connectivity index (χ0) is 62.4. The molecule has 498 valence electrons. The lowest BCUT2D eigenvalue weighted by molar-refractivity contribution is -0.137. The normalized spacial score (nSPS) is 14.2. The second-order valence-corrected chi connectivity index (χ2v) is 91.7. The van der Waals surface area contributed by atoms with Crippen molar-refractivity contribution in [3.05, 3.63) is 0 Å². The summed E-state index contributed by atoms with van der Waals surface area (Å²) in [7, 11) is -36.2. The van der Waals surface area contributed by atoms with Gasteiger partial charge in [0.25, 0.3) is 0 Å². The first-order valence-corrected chi connectivity index (χ1v) is 74.8. The molecular weight excluding hydrogens is 1320 g/mol. The minimum atomic E-state index is -4.04. The van der Waals surface area contributed by atoms with Crippen LogP contribution in [-0.4, -0.2) is 160 Å². The molecule has 81 heavy (non-hydrogen) atoms. The average Bonchev–Trinajstić information content (AvgIpc) is 2.97. The topological polar surface area (TPSA) is 206 Å².